The zero-order valence-electron chi connectivity index (χ0n) is 10.6. The molecule has 0 aliphatic carbocycles. The van der Waals surface area contributed by atoms with Crippen molar-refractivity contribution in [1.82, 2.24) is 15.3 Å². The van der Waals surface area contributed by atoms with Crippen molar-refractivity contribution >= 4 is 29.0 Å². The van der Waals surface area contributed by atoms with Gasteiger partial charge in [-0.1, -0.05) is 0 Å². The molecule has 9 nitrogen and oxygen atoms in total. The highest BCUT2D eigenvalue weighted by molar-refractivity contribution is 6.28. The van der Waals surface area contributed by atoms with Crippen LogP contribution in [0.1, 0.15) is 0 Å². The number of likely N-dealkylation sites (N-methyl/N-ethyl adjacent to an activating group) is 1. The normalized spacial score (nSPS) is 18.7. The van der Waals surface area contributed by atoms with Gasteiger partial charge in [0.2, 0.25) is 17.0 Å². The van der Waals surface area contributed by atoms with Crippen LogP contribution in [-0.2, 0) is 9.53 Å². The highest BCUT2D eigenvalue weighted by atomic mass is 35.5. The summed E-state index contributed by atoms with van der Waals surface area (Å²) >= 11 is 5.70. The predicted molar refractivity (Wildman–Crippen MR) is 69.7 cm³/mol. The molecule has 10 heteroatoms. The highest BCUT2D eigenvalue weighted by Gasteiger charge is 2.34. The molecule has 1 aliphatic heterocycles. The van der Waals surface area contributed by atoms with Gasteiger partial charge in [0.15, 0.2) is 0 Å². The monoisotopic (exact) mass is 301 g/mol. The summed E-state index contributed by atoms with van der Waals surface area (Å²) in [5, 5.41) is 13.4. The molecule has 1 fully saturated rings. The number of nitro groups is 1. The highest BCUT2D eigenvalue weighted by Crippen LogP contribution is 2.28. The molecule has 1 aromatic rings. The topological polar surface area (TPSA) is 110 Å². The fourth-order valence-corrected chi connectivity index (χ4v) is 2.06. The van der Waals surface area contributed by atoms with Crippen molar-refractivity contribution in [3.05, 3.63) is 21.6 Å². The molecule has 1 saturated heterocycles. The van der Waals surface area contributed by atoms with E-state index < -0.39 is 11.0 Å². The van der Waals surface area contributed by atoms with Crippen molar-refractivity contribution in [2.45, 2.75) is 6.04 Å². The number of rotatable bonds is 3. The molecule has 1 atom stereocenters. The van der Waals surface area contributed by atoms with Crippen molar-refractivity contribution in [2.24, 2.45) is 0 Å². The summed E-state index contributed by atoms with van der Waals surface area (Å²) in [4.78, 5) is 31.3. The molecule has 0 saturated carbocycles. The molecule has 108 valence electrons. The second kappa shape index (κ2) is 5.97. The molecular formula is C10H12ClN5O4. The van der Waals surface area contributed by atoms with Crippen molar-refractivity contribution in [3.63, 3.8) is 0 Å². The molecule has 0 spiro atoms. The Morgan fingerprint density at radius 1 is 1.70 bits per heavy atom. The average Bonchev–Trinajstić information content (AvgIpc) is 2.46. The largest absolute Gasteiger partial charge is 0.377 e. The number of hydrogen-bond acceptors (Lipinski definition) is 7. The van der Waals surface area contributed by atoms with E-state index in [1.165, 1.54) is 11.9 Å². The first-order chi connectivity index (χ1) is 9.54. The Balaban J connectivity index is 2.44. The maximum absolute atomic E-state index is 11.8. The summed E-state index contributed by atoms with van der Waals surface area (Å²) in [7, 11) is 1.48. The molecule has 0 aromatic carbocycles. The Morgan fingerprint density at radius 2 is 2.45 bits per heavy atom. The Kier molecular flexibility index (Phi) is 4.30. The lowest BCUT2D eigenvalue weighted by molar-refractivity contribution is -0.384. The second-order valence-corrected chi connectivity index (χ2v) is 4.34. The average molecular weight is 302 g/mol. The van der Waals surface area contributed by atoms with E-state index in [2.05, 4.69) is 15.3 Å². The number of hydrogen-bond donors (Lipinski definition) is 1. The van der Waals surface area contributed by atoms with Crippen molar-refractivity contribution in [3.8, 4) is 0 Å². The van der Waals surface area contributed by atoms with Gasteiger partial charge in [-0.25, -0.2) is 4.98 Å². The number of amides is 1. The van der Waals surface area contributed by atoms with E-state index in [-0.39, 0.29) is 29.3 Å². The van der Waals surface area contributed by atoms with E-state index >= 15 is 0 Å². The number of aromatic nitrogens is 2. The van der Waals surface area contributed by atoms with Gasteiger partial charge in [-0.2, -0.15) is 4.98 Å². The summed E-state index contributed by atoms with van der Waals surface area (Å²) in [6, 6.07) is -0.696. The van der Waals surface area contributed by atoms with Crippen molar-refractivity contribution < 1.29 is 14.5 Å². The maximum atomic E-state index is 11.8. The third-order valence-electron chi connectivity index (χ3n) is 2.87. The van der Waals surface area contributed by atoms with E-state index in [9.17, 15) is 14.9 Å². The van der Waals surface area contributed by atoms with Crippen LogP contribution in [0.15, 0.2) is 6.20 Å². The molecule has 1 aromatic heterocycles. The number of halogens is 1. The van der Waals surface area contributed by atoms with E-state index in [1.807, 2.05) is 0 Å². The summed E-state index contributed by atoms with van der Waals surface area (Å²) in [5.41, 5.74) is -0.301. The Labute approximate surface area is 119 Å². The quantitative estimate of drug-likeness (QED) is 0.475. The number of anilines is 1. The van der Waals surface area contributed by atoms with Gasteiger partial charge in [-0.3, -0.25) is 14.9 Å². The lowest BCUT2D eigenvalue weighted by Gasteiger charge is -2.34. The lowest BCUT2D eigenvalue weighted by atomic mass is 10.2. The predicted octanol–water partition coefficient (Wildman–Crippen LogP) is -0.0106. The van der Waals surface area contributed by atoms with Crippen LogP contribution in [-0.4, -0.2) is 53.6 Å². The summed E-state index contributed by atoms with van der Waals surface area (Å²) in [5.74, 6) is -0.291. The zero-order chi connectivity index (χ0) is 14.7. The zero-order valence-corrected chi connectivity index (χ0v) is 11.3. The summed E-state index contributed by atoms with van der Waals surface area (Å²) in [6.07, 6.45) is 1.03. The van der Waals surface area contributed by atoms with Gasteiger partial charge in [0.1, 0.15) is 12.2 Å². The molecule has 1 aliphatic rings. The van der Waals surface area contributed by atoms with E-state index in [0.29, 0.717) is 13.2 Å². The van der Waals surface area contributed by atoms with Crippen LogP contribution < -0.4 is 10.2 Å². The number of carbonyl (C=O) groups excluding carboxylic acids is 1. The maximum Gasteiger partial charge on any atom is 0.329 e. The molecule has 1 amide bonds. The van der Waals surface area contributed by atoms with Crippen LogP contribution in [0.2, 0.25) is 5.28 Å². The van der Waals surface area contributed by atoms with Crippen LogP contribution in [0, 0.1) is 10.1 Å². The first-order valence-corrected chi connectivity index (χ1v) is 6.15. The third kappa shape index (κ3) is 2.78. The van der Waals surface area contributed by atoms with Gasteiger partial charge in [0.05, 0.1) is 18.1 Å². The first kappa shape index (κ1) is 14.4. The van der Waals surface area contributed by atoms with Gasteiger partial charge in [0.25, 0.3) is 0 Å². The number of nitrogens with zero attached hydrogens (tertiary/aromatic N) is 4. The molecule has 1 unspecified atom stereocenters. The fourth-order valence-electron chi connectivity index (χ4n) is 1.93. The summed E-state index contributed by atoms with van der Waals surface area (Å²) in [6.45, 7) is 0.761. The standard InChI is InChI=1S/C10H12ClN5O4/c1-12-9(17)7-5-20-3-2-15(7)8-6(16(18)19)4-13-10(11)14-8/h4,7H,2-3,5H2,1H3,(H,12,17). The number of carbonyl (C=O) groups is 1. The Morgan fingerprint density at radius 3 is 3.10 bits per heavy atom. The van der Waals surface area contributed by atoms with Gasteiger partial charge in [-0.15, -0.1) is 0 Å². The molecule has 0 radical (unpaired) electrons. The molecule has 1 N–H and O–H groups in total. The van der Waals surface area contributed by atoms with Crippen molar-refractivity contribution in [2.75, 3.05) is 31.7 Å². The van der Waals surface area contributed by atoms with Gasteiger partial charge in [0, 0.05) is 13.6 Å². The third-order valence-corrected chi connectivity index (χ3v) is 3.05. The fraction of sp³-hybridized carbons (Fsp3) is 0.500. The number of nitrogens with one attached hydrogen (secondary N) is 1. The van der Waals surface area contributed by atoms with Crippen LogP contribution in [0.5, 0.6) is 0 Å². The Hall–Kier alpha value is -2.00. The van der Waals surface area contributed by atoms with E-state index in [4.69, 9.17) is 16.3 Å². The van der Waals surface area contributed by atoms with Crippen LogP contribution in [0.25, 0.3) is 0 Å². The van der Waals surface area contributed by atoms with E-state index in [1.54, 1.807) is 0 Å². The molecule has 2 rings (SSSR count). The van der Waals surface area contributed by atoms with Crippen LogP contribution in [0.4, 0.5) is 11.5 Å². The summed E-state index contributed by atoms with van der Waals surface area (Å²) < 4.78 is 5.24. The second-order valence-electron chi connectivity index (χ2n) is 4.00. The first-order valence-electron chi connectivity index (χ1n) is 5.77. The van der Waals surface area contributed by atoms with Crippen molar-refractivity contribution in [1.29, 1.82) is 0 Å². The van der Waals surface area contributed by atoms with Crippen LogP contribution in [0.3, 0.4) is 0 Å². The minimum absolute atomic E-state index is 0.0203. The SMILES string of the molecule is CNC(=O)C1COCCN1c1nc(Cl)ncc1[N+](=O)[O-]. The number of ether oxygens (including phenoxy) is 1. The molecule has 0 bridgehead atoms. The smallest absolute Gasteiger partial charge is 0.329 e. The molecule has 20 heavy (non-hydrogen) atoms. The van der Waals surface area contributed by atoms with Crippen LogP contribution >= 0.6 is 11.6 Å². The number of morpholine rings is 1. The molecular weight excluding hydrogens is 290 g/mol. The minimum Gasteiger partial charge on any atom is -0.377 e. The molecule has 2 heterocycles. The van der Waals surface area contributed by atoms with Gasteiger partial charge >= 0.3 is 5.69 Å². The van der Waals surface area contributed by atoms with Gasteiger partial charge < -0.3 is 15.0 Å². The minimum atomic E-state index is -0.696. The van der Waals surface area contributed by atoms with Gasteiger partial charge in [-0.05, 0) is 11.6 Å². The Bertz CT molecular complexity index is 540. The lowest BCUT2D eigenvalue weighted by Crippen LogP contribution is -2.53. The van der Waals surface area contributed by atoms with E-state index in [0.717, 1.165) is 6.20 Å².